The van der Waals surface area contributed by atoms with Crippen LogP contribution in [-0.4, -0.2) is 63.1 Å². The molecule has 10 nitrogen and oxygen atoms in total. The molecule has 0 aliphatic carbocycles. The van der Waals surface area contributed by atoms with E-state index in [1.807, 2.05) is 0 Å². The Morgan fingerprint density at radius 1 is 1.11 bits per heavy atom. The van der Waals surface area contributed by atoms with Gasteiger partial charge >= 0.3 is 5.69 Å². The number of rotatable bonds is 10. The first-order valence-corrected chi connectivity index (χ1v) is 17.5. The predicted octanol–water partition coefficient (Wildman–Crippen LogP) is 4.09. The van der Waals surface area contributed by atoms with Crippen LogP contribution in [0.3, 0.4) is 0 Å². The maximum absolute atomic E-state index is 12.7. The molecule has 2 heterocycles. The van der Waals surface area contributed by atoms with Gasteiger partial charge in [-0.05, 0) is 42.6 Å². The number of hydrogen-bond donors (Lipinski definition) is 1. The van der Waals surface area contributed by atoms with Gasteiger partial charge in [-0.25, -0.2) is 4.79 Å². The Morgan fingerprint density at radius 3 is 2.16 bits per heavy atom. The van der Waals surface area contributed by atoms with Crippen LogP contribution in [-0.2, 0) is 18.6 Å². The maximum atomic E-state index is 12.7. The number of ether oxygens (including phenoxy) is 3. The van der Waals surface area contributed by atoms with Gasteiger partial charge in [0.25, 0.3) is 5.56 Å². The van der Waals surface area contributed by atoms with Gasteiger partial charge in [-0.2, -0.15) is 10.5 Å². The molecule has 1 aromatic heterocycles. The highest BCUT2D eigenvalue weighted by Crippen LogP contribution is 2.39. The molecule has 2 rings (SSSR count). The molecule has 1 N–H and O–H groups in total. The minimum Gasteiger partial charge on any atom is -0.468 e. The quantitative estimate of drug-likeness (QED) is 0.230. The normalized spacial score (nSPS) is 21.3. The van der Waals surface area contributed by atoms with Crippen LogP contribution in [0.2, 0.25) is 18.1 Å². The van der Waals surface area contributed by atoms with E-state index < -0.39 is 44.1 Å². The van der Waals surface area contributed by atoms with E-state index in [2.05, 4.69) is 51.0 Å². The summed E-state index contributed by atoms with van der Waals surface area (Å²) in [6.07, 6.45) is -1.56. The zero-order valence-electron chi connectivity index (χ0n) is 21.9. The summed E-state index contributed by atoms with van der Waals surface area (Å²) in [6.45, 7) is 10.7. The van der Waals surface area contributed by atoms with Gasteiger partial charge in [-0.15, -0.1) is 0 Å². The highest BCUT2D eigenvalue weighted by molar-refractivity contribution is 8.22. The third-order valence-corrected chi connectivity index (χ3v) is 13.0. The fourth-order valence-electron chi connectivity index (χ4n) is 3.12. The van der Waals surface area contributed by atoms with Gasteiger partial charge in [0, 0.05) is 36.6 Å². The van der Waals surface area contributed by atoms with Crippen molar-refractivity contribution in [3.8, 4) is 12.1 Å². The topological polar surface area (TPSA) is 139 Å². The predicted molar refractivity (Wildman–Crippen MR) is 159 cm³/mol. The molecule has 1 aliphatic heterocycles. The highest BCUT2D eigenvalue weighted by atomic mass is 32.2. The molecule has 0 saturated carbocycles. The van der Waals surface area contributed by atoms with Gasteiger partial charge in [0.15, 0.2) is 26.8 Å². The number of nitrogens with one attached hydrogen (secondary N) is 1. The number of H-pyrrole nitrogens is 1. The fourth-order valence-corrected chi connectivity index (χ4v) is 5.93. The van der Waals surface area contributed by atoms with E-state index >= 15 is 0 Å². The minimum absolute atomic E-state index is 0.0610. The lowest BCUT2D eigenvalue weighted by atomic mass is 10.1. The second-order valence-corrected chi connectivity index (χ2v) is 18.0. The lowest BCUT2D eigenvalue weighted by molar-refractivity contribution is -0.0500. The Morgan fingerprint density at radius 2 is 1.66 bits per heavy atom. The lowest BCUT2D eigenvalue weighted by Gasteiger charge is -2.37. The zero-order valence-corrected chi connectivity index (χ0v) is 26.2. The van der Waals surface area contributed by atoms with Crippen LogP contribution in [0, 0.1) is 22.7 Å². The fraction of sp³-hybridized carbons (Fsp3) is 0.652. The van der Waals surface area contributed by atoms with Crippen molar-refractivity contribution in [1.82, 2.24) is 9.55 Å². The van der Waals surface area contributed by atoms with E-state index in [4.69, 9.17) is 53.6 Å². The molecule has 1 fully saturated rings. The van der Waals surface area contributed by atoms with E-state index in [0.29, 0.717) is 17.9 Å². The van der Waals surface area contributed by atoms with E-state index in [-0.39, 0.29) is 26.8 Å². The molecule has 0 unspecified atom stereocenters. The molecular formula is C23H32N4O6S4Si. The Hall–Kier alpha value is -1.72. The molecule has 15 heteroatoms. The van der Waals surface area contributed by atoms with E-state index in [1.54, 1.807) is 0 Å². The summed E-state index contributed by atoms with van der Waals surface area (Å²) in [5, 5.41) is 17.6. The SMILES string of the molecule is CC(C)(C)[Si](C)(C)OC[C@H]1O[C@@H](n2ccc(=O)[nH]c2=O)[C@H](OC(=S)SCCC#N)[C@@H]1OC(=S)SCCC#N. The molecule has 0 bridgehead atoms. The smallest absolute Gasteiger partial charge is 0.330 e. The van der Waals surface area contributed by atoms with Crippen molar-refractivity contribution in [3.63, 3.8) is 0 Å². The zero-order chi connectivity index (χ0) is 28.5. The number of thiocarbonyl (C=S) groups is 2. The van der Waals surface area contributed by atoms with Crippen LogP contribution in [0.1, 0.15) is 39.8 Å². The van der Waals surface area contributed by atoms with Crippen molar-refractivity contribution in [2.45, 2.75) is 76.3 Å². The van der Waals surface area contributed by atoms with Gasteiger partial charge < -0.3 is 18.6 Å². The molecule has 0 amide bonds. The third kappa shape index (κ3) is 9.19. The number of nitriles is 2. The van der Waals surface area contributed by atoms with Gasteiger partial charge in [-0.3, -0.25) is 14.3 Å². The number of hydrogen-bond acceptors (Lipinski definition) is 12. The van der Waals surface area contributed by atoms with Gasteiger partial charge in [0.1, 0.15) is 6.10 Å². The van der Waals surface area contributed by atoms with E-state index in [1.165, 1.54) is 40.4 Å². The first kappa shape index (κ1) is 32.5. The van der Waals surface area contributed by atoms with Crippen molar-refractivity contribution in [1.29, 1.82) is 10.5 Å². The summed E-state index contributed by atoms with van der Waals surface area (Å²) in [7, 11) is -2.19. The van der Waals surface area contributed by atoms with Crippen LogP contribution in [0.4, 0.5) is 0 Å². The van der Waals surface area contributed by atoms with E-state index in [9.17, 15) is 9.59 Å². The summed E-state index contributed by atoms with van der Waals surface area (Å²) in [5.74, 6) is 0.878. The minimum atomic E-state index is -2.19. The van der Waals surface area contributed by atoms with Crippen molar-refractivity contribution in [2.75, 3.05) is 18.1 Å². The maximum Gasteiger partial charge on any atom is 0.330 e. The van der Waals surface area contributed by atoms with Gasteiger partial charge in [-0.1, -0.05) is 44.3 Å². The Kier molecular flexibility index (Phi) is 12.5. The third-order valence-electron chi connectivity index (χ3n) is 6.16. The van der Waals surface area contributed by atoms with Crippen molar-refractivity contribution >= 4 is 65.0 Å². The van der Waals surface area contributed by atoms with Crippen molar-refractivity contribution < 1.29 is 18.6 Å². The summed E-state index contributed by atoms with van der Waals surface area (Å²) in [6, 6.07) is 5.33. The van der Waals surface area contributed by atoms with Crippen LogP contribution in [0.25, 0.3) is 0 Å². The lowest BCUT2D eigenvalue weighted by Crippen LogP contribution is -2.46. The Labute approximate surface area is 242 Å². The highest BCUT2D eigenvalue weighted by Gasteiger charge is 2.51. The van der Waals surface area contributed by atoms with E-state index in [0.717, 1.165) is 0 Å². The molecule has 1 aromatic rings. The summed E-state index contributed by atoms with van der Waals surface area (Å²) >= 11 is 13.2. The molecule has 4 atom stereocenters. The second-order valence-electron chi connectivity index (χ2n) is 9.83. The number of aromatic amines is 1. The standard InChI is InChI=1S/C23H32N4O6S4Si/c1-23(2,3)38(4,5)30-14-15-17(32-21(34)36-12-6-9-24)18(33-22(35)37-13-7-10-25)19(31-15)27-11-8-16(28)26-20(27)29/h8,11,15,17-19H,6-7,12-14H2,1-5H3,(H,26,28,29)/t15-,17-,18-,19-/m1/s1. The molecule has 1 saturated heterocycles. The largest absolute Gasteiger partial charge is 0.468 e. The average molecular weight is 617 g/mol. The van der Waals surface area contributed by atoms with Crippen molar-refractivity contribution in [3.05, 3.63) is 33.1 Å². The van der Waals surface area contributed by atoms with Crippen LogP contribution in [0.5, 0.6) is 0 Å². The van der Waals surface area contributed by atoms with Crippen LogP contribution < -0.4 is 11.2 Å². The molecular weight excluding hydrogens is 585 g/mol. The first-order chi connectivity index (χ1) is 17.8. The molecule has 0 radical (unpaired) electrons. The second kappa shape index (κ2) is 14.6. The Balaban J connectivity index is 2.43. The summed E-state index contributed by atoms with van der Waals surface area (Å²) in [4.78, 5) is 26.6. The molecule has 0 spiro atoms. The number of nitrogens with zero attached hydrogens (tertiary/aromatic N) is 3. The summed E-state index contributed by atoms with van der Waals surface area (Å²) in [5.41, 5.74) is -1.24. The summed E-state index contributed by atoms with van der Waals surface area (Å²) < 4.78 is 26.5. The van der Waals surface area contributed by atoms with Gasteiger partial charge in [0.2, 0.25) is 8.77 Å². The molecule has 0 aromatic carbocycles. The molecule has 38 heavy (non-hydrogen) atoms. The number of thioether (sulfide) groups is 2. The van der Waals surface area contributed by atoms with Crippen LogP contribution in [0.15, 0.2) is 21.9 Å². The first-order valence-electron chi connectivity index (χ1n) is 11.8. The average Bonchev–Trinajstić information content (AvgIpc) is 3.14. The van der Waals surface area contributed by atoms with Crippen molar-refractivity contribution in [2.24, 2.45) is 0 Å². The van der Waals surface area contributed by atoms with Crippen LogP contribution >= 0.6 is 48.0 Å². The Bertz CT molecular complexity index is 1190. The van der Waals surface area contributed by atoms with Gasteiger partial charge in [0.05, 0.1) is 18.7 Å². The monoisotopic (exact) mass is 616 g/mol. The number of aromatic nitrogens is 2. The molecule has 1 aliphatic rings. The molecule has 208 valence electrons.